The van der Waals surface area contributed by atoms with E-state index < -0.39 is 23.9 Å². The lowest BCUT2D eigenvalue weighted by Crippen LogP contribution is -2.43. The minimum Gasteiger partial charge on any atom is -0.480 e. The molecule has 1 atom stereocenters. The Bertz CT molecular complexity index is 503. The molecule has 1 rings (SSSR count). The van der Waals surface area contributed by atoms with Gasteiger partial charge in [0.05, 0.1) is 0 Å². The molecular weight excluding hydrogens is 263 g/mol. The molecule has 0 unspecified atom stereocenters. The molecule has 0 spiro atoms. The number of anilines is 1. The van der Waals surface area contributed by atoms with Crippen molar-refractivity contribution >= 4 is 17.7 Å². The van der Waals surface area contributed by atoms with Crippen molar-refractivity contribution in [3.8, 4) is 0 Å². The SMILES string of the molecule is Cc1cc(F)ccc1NC(=O)N[C@@H](CC(C)C)C(=O)O. The molecule has 1 aromatic rings. The van der Waals surface area contributed by atoms with Crippen molar-refractivity contribution in [1.29, 1.82) is 0 Å². The lowest BCUT2D eigenvalue weighted by atomic mass is 10.0. The number of benzene rings is 1. The van der Waals surface area contributed by atoms with Crippen LogP contribution in [-0.2, 0) is 4.79 Å². The monoisotopic (exact) mass is 282 g/mol. The second-order valence-electron chi connectivity index (χ2n) is 5.08. The summed E-state index contributed by atoms with van der Waals surface area (Å²) in [5.74, 6) is -1.33. The maximum absolute atomic E-state index is 12.9. The van der Waals surface area contributed by atoms with E-state index in [0.29, 0.717) is 17.7 Å². The Morgan fingerprint density at radius 1 is 1.35 bits per heavy atom. The van der Waals surface area contributed by atoms with Gasteiger partial charge in [-0.1, -0.05) is 13.8 Å². The average Bonchev–Trinajstić information content (AvgIpc) is 2.31. The summed E-state index contributed by atoms with van der Waals surface area (Å²) in [4.78, 5) is 22.8. The number of amides is 2. The summed E-state index contributed by atoms with van der Waals surface area (Å²) in [5.41, 5.74) is 1.01. The highest BCUT2D eigenvalue weighted by Gasteiger charge is 2.21. The minimum atomic E-state index is -1.08. The number of hydrogen-bond acceptors (Lipinski definition) is 2. The molecule has 0 heterocycles. The molecule has 5 nitrogen and oxygen atoms in total. The highest BCUT2D eigenvalue weighted by atomic mass is 19.1. The van der Waals surface area contributed by atoms with Crippen LogP contribution in [0, 0.1) is 18.7 Å². The third kappa shape index (κ3) is 4.87. The van der Waals surface area contributed by atoms with Gasteiger partial charge in [0.25, 0.3) is 0 Å². The number of nitrogens with one attached hydrogen (secondary N) is 2. The summed E-state index contributed by atoms with van der Waals surface area (Å²) in [7, 11) is 0. The molecule has 0 fully saturated rings. The van der Waals surface area contributed by atoms with E-state index in [2.05, 4.69) is 10.6 Å². The standard InChI is InChI=1S/C14H19FN2O3/c1-8(2)6-12(13(18)19)17-14(20)16-11-5-4-10(15)7-9(11)3/h4-5,7-8,12H,6H2,1-3H3,(H,18,19)(H2,16,17,20)/t12-/m0/s1. The van der Waals surface area contributed by atoms with Crippen LogP contribution in [0.3, 0.4) is 0 Å². The molecule has 6 heteroatoms. The molecule has 1 aromatic carbocycles. The van der Waals surface area contributed by atoms with Crippen molar-refractivity contribution in [2.24, 2.45) is 5.92 Å². The van der Waals surface area contributed by atoms with Gasteiger partial charge in [-0.2, -0.15) is 0 Å². The van der Waals surface area contributed by atoms with Gasteiger partial charge in [0, 0.05) is 5.69 Å². The number of rotatable bonds is 5. The van der Waals surface area contributed by atoms with Crippen LogP contribution < -0.4 is 10.6 Å². The Morgan fingerprint density at radius 3 is 2.50 bits per heavy atom. The summed E-state index contributed by atoms with van der Waals surface area (Å²) in [6.07, 6.45) is 0.338. The normalized spacial score (nSPS) is 12.1. The van der Waals surface area contributed by atoms with E-state index in [1.165, 1.54) is 18.2 Å². The van der Waals surface area contributed by atoms with E-state index in [4.69, 9.17) is 5.11 Å². The van der Waals surface area contributed by atoms with Crippen molar-refractivity contribution in [1.82, 2.24) is 5.32 Å². The van der Waals surface area contributed by atoms with E-state index in [-0.39, 0.29) is 5.92 Å². The largest absolute Gasteiger partial charge is 0.480 e. The third-order valence-corrected chi connectivity index (χ3v) is 2.75. The number of hydrogen-bond donors (Lipinski definition) is 3. The summed E-state index contributed by atoms with van der Waals surface area (Å²) in [5, 5.41) is 13.9. The zero-order valence-corrected chi connectivity index (χ0v) is 11.7. The Kier molecular flexibility index (Phi) is 5.49. The lowest BCUT2D eigenvalue weighted by Gasteiger charge is -2.17. The van der Waals surface area contributed by atoms with Gasteiger partial charge >= 0.3 is 12.0 Å². The van der Waals surface area contributed by atoms with E-state index in [1.54, 1.807) is 6.92 Å². The Hall–Kier alpha value is -2.11. The van der Waals surface area contributed by atoms with Crippen LogP contribution in [0.25, 0.3) is 0 Å². The van der Waals surface area contributed by atoms with Crippen LogP contribution in [0.1, 0.15) is 25.8 Å². The molecule has 0 radical (unpaired) electrons. The van der Waals surface area contributed by atoms with Crippen molar-refractivity contribution in [2.45, 2.75) is 33.2 Å². The van der Waals surface area contributed by atoms with Gasteiger partial charge in [-0.25, -0.2) is 14.0 Å². The molecule has 0 aliphatic rings. The molecule has 3 N–H and O–H groups in total. The lowest BCUT2D eigenvalue weighted by molar-refractivity contribution is -0.139. The third-order valence-electron chi connectivity index (χ3n) is 2.75. The van der Waals surface area contributed by atoms with E-state index >= 15 is 0 Å². The molecule has 0 saturated heterocycles. The van der Waals surface area contributed by atoms with E-state index in [0.717, 1.165) is 0 Å². The van der Waals surface area contributed by atoms with Crippen LogP contribution in [-0.4, -0.2) is 23.1 Å². The van der Waals surface area contributed by atoms with Crippen molar-refractivity contribution in [3.05, 3.63) is 29.6 Å². The summed E-state index contributed by atoms with van der Waals surface area (Å²) >= 11 is 0. The second kappa shape index (κ2) is 6.88. The first-order valence-corrected chi connectivity index (χ1v) is 6.36. The maximum Gasteiger partial charge on any atom is 0.326 e. The average molecular weight is 282 g/mol. The first kappa shape index (κ1) is 15.9. The fourth-order valence-electron chi connectivity index (χ4n) is 1.78. The van der Waals surface area contributed by atoms with Gasteiger partial charge in [-0.15, -0.1) is 0 Å². The Balaban J connectivity index is 2.68. The Labute approximate surface area is 117 Å². The molecule has 0 aliphatic carbocycles. The number of aliphatic carboxylic acids is 1. The zero-order chi connectivity index (χ0) is 15.3. The smallest absolute Gasteiger partial charge is 0.326 e. The molecule has 0 bridgehead atoms. The molecular formula is C14H19FN2O3. The first-order chi connectivity index (χ1) is 9.29. The summed E-state index contributed by atoms with van der Waals surface area (Å²) in [6.45, 7) is 5.40. The number of halogens is 1. The number of carboxylic acid groups (broad SMARTS) is 1. The van der Waals surface area contributed by atoms with Crippen LogP contribution in [0.15, 0.2) is 18.2 Å². The molecule has 2 amide bonds. The highest BCUT2D eigenvalue weighted by Crippen LogP contribution is 2.15. The number of aryl methyl sites for hydroxylation is 1. The van der Waals surface area contributed by atoms with Crippen LogP contribution in [0.5, 0.6) is 0 Å². The van der Waals surface area contributed by atoms with Crippen molar-refractivity contribution in [3.63, 3.8) is 0 Å². The molecule has 0 aliphatic heterocycles. The predicted molar refractivity (Wildman–Crippen MR) is 74.2 cm³/mol. The fraction of sp³-hybridized carbons (Fsp3) is 0.429. The van der Waals surface area contributed by atoms with Crippen LogP contribution >= 0.6 is 0 Å². The van der Waals surface area contributed by atoms with Gasteiger partial charge in [0.2, 0.25) is 0 Å². The number of carbonyl (C=O) groups is 2. The summed E-state index contributed by atoms with van der Waals surface area (Å²) in [6, 6.07) is 2.38. The highest BCUT2D eigenvalue weighted by molar-refractivity contribution is 5.92. The van der Waals surface area contributed by atoms with Gasteiger partial charge in [-0.05, 0) is 43.0 Å². The Morgan fingerprint density at radius 2 is 2.00 bits per heavy atom. The van der Waals surface area contributed by atoms with Crippen molar-refractivity contribution in [2.75, 3.05) is 5.32 Å². The number of carboxylic acids is 1. The van der Waals surface area contributed by atoms with Crippen molar-refractivity contribution < 1.29 is 19.1 Å². The van der Waals surface area contributed by atoms with Crippen LogP contribution in [0.4, 0.5) is 14.9 Å². The first-order valence-electron chi connectivity index (χ1n) is 6.36. The number of urea groups is 1. The molecule has 0 aromatic heterocycles. The maximum atomic E-state index is 12.9. The molecule has 110 valence electrons. The van der Waals surface area contributed by atoms with E-state index in [1.807, 2.05) is 13.8 Å². The van der Waals surface area contributed by atoms with Gasteiger partial charge in [-0.3, -0.25) is 0 Å². The van der Waals surface area contributed by atoms with Gasteiger partial charge < -0.3 is 15.7 Å². The minimum absolute atomic E-state index is 0.143. The number of carbonyl (C=O) groups excluding carboxylic acids is 1. The zero-order valence-electron chi connectivity index (χ0n) is 11.7. The fourth-order valence-corrected chi connectivity index (χ4v) is 1.78. The van der Waals surface area contributed by atoms with Crippen LogP contribution in [0.2, 0.25) is 0 Å². The summed E-state index contributed by atoms with van der Waals surface area (Å²) < 4.78 is 12.9. The van der Waals surface area contributed by atoms with E-state index in [9.17, 15) is 14.0 Å². The van der Waals surface area contributed by atoms with Gasteiger partial charge in [0.15, 0.2) is 0 Å². The molecule has 0 saturated carbocycles. The predicted octanol–water partition coefficient (Wildman–Crippen LogP) is 2.75. The quantitative estimate of drug-likeness (QED) is 0.777. The molecule has 20 heavy (non-hydrogen) atoms. The topological polar surface area (TPSA) is 78.4 Å². The van der Waals surface area contributed by atoms with Gasteiger partial charge in [0.1, 0.15) is 11.9 Å². The second-order valence-corrected chi connectivity index (χ2v) is 5.08.